The number of carbonyl (C=O) groups is 1. The van der Waals surface area contributed by atoms with Gasteiger partial charge >= 0.3 is 0 Å². The van der Waals surface area contributed by atoms with Crippen molar-refractivity contribution in [3.8, 4) is 0 Å². The van der Waals surface area contributed by atoms with Crippen LogP contribution >= 0.6 is 0 Å². The maximum Gasteiger partial charge on any atom is 0.251 e. The Morgan fingerprint density at radius 1 is 1.28 bits per heavy atom. The smallest absolute Gasteiger partial charge is 0.251 e. The SMILES string of the molecule is CCS(=O)(=O)N(C)Cc1ccc(C(=O)NC)cc1. The van der Waals surface area contributed by atoms with Crippen molar-refractivity contribution in [2.45, 2.75) is 13.5 Å². The van der Waals surface area contributed by atoms with Crippen LogP contribution in [0.5, 0.6) is 0 Å². The molecule has 6 heteroatoms. The average Bonchev–Trinajstić information content (AvgIpc) is 2.38. The molecule has 0 aliphatic carbocycles. The second-order valence-corrected chi connectivity index (χ2v) is 6.30. The van der Waals surface area contributed by atoms with E-state index in [-0.39, 0.29) is 11.7 Å². The summed E-state index contributed by atoms with van der Waals surface area (Å²) < 4.78 is 24.5. The van der Waals surface area contributed by atoms with E-state index >= 15 is 0 Å². The summed E-state index contributed by atoms with van der Waals surface area (Å²) in [6.45, 7) is 1.92. The van der Waals surface area contributed by atoms with Gasteiger partial charge in [0.1, 0.15) is 0 Å². The Hall–Kier alpha value is -1.40. The van der Waals surface area contributed by atoms with Gasteiger partial charge in [-0.3, -0.25) is 4.79 Å². The van der Waals surface area contributed by atoms with Gasteiger partial charge in [-0.15, -0.1) is 0 Å². The Labute approximate surface area is 108 Å². The lowest BCUT2D eigenvalue weighted by molar-refractivity contribution is 0.0963. The van der Waals surface area contributed by atoms with E-state index in [0.717, 1.165) is 5.56 Å². The van der Waals surface area contributed by atoms with Crippen LogP contribution < -0.4 is 5.32 Å². The quantitative estimate of drug-likeness (QED) is 0.861. The molecule has 1 rings (SSSR count). The van der Waals surface area contributed by atoms with Crippen LogP contribution in [0.15, 0.2) is 24.3 Å². The van der Waals surface area contributed by atoms with Gasteiger partial charge in [0.25, 0.3) is 5.91 Å². The predicted molar refractivity (Wildman–Crippen MR) is 70.8 cm³/mol. The summed E-state index contributed by atoms with van der Waals surface area (Å²) in [4.78, 5) is 11.3. The highest BCUT2D eigenvalue weighted by Crippen LogP contribution is 2.09. The minimum Gasteiger partial charge on any atom is -0.355 e. The first-order valence-corrected chi connectivity index (χ1v) is 7.26. The van der Waals surface area contributed by atoms with E-state index < -0.39 is 10.0 Å². The molecule has 0 aliphatic rings. The van der Waals surface area contributed by atoms with Crippen molar-refractivity contribution < 1.29 is 13.2 Å². The van der Waals surface area contributed by atoms with E-state index in [1.165, 1.54) is 4.31 Å². The molecule has 0 aromatic heterocycles. The third-order valence-electron chi connectivity index (χ3n) is 2.69. The lowest BCUT2D eigenvalue weighted by Crippen LogP contribution is -2.27. The Morgan fingerprint density at radius 3 is 2.28 bits per heavy atom. The highest BCUT2D eigenvalue weighted by molar-refractivity contribution is 7.89. The zero-order chi connectivity index (χ0) is 13.8. The van der Waals surface area contributed by atoms with Crippen molar-refractivity contribution in [1.29, 1.82) is 0 Å². The lowest BCUT2D eigenvalue weighted by Gasteiger charge is -2.16. The highest BCUT2D eigenvalue weighted by atomic mass is 32.2. The normalized spacial score (nSPS) is 11.6. The van der Waals surface area contributed by atoms with Crippen molar-refractivity contribution in [3.63, 3.8) is 0 Å². The van der Waals surface area contributed by atoms with E-state index in [4.69, 9.17) is 0 Å². The number of nitrogens with zero attached hydrogens (tertiary/aromatic N) is 1. The van der Waals surface area contributed by atoms with E-state index in [2.05, 4.69) is 5.32 Å². The van der Waals surface area contributed by atoms with Gasteiger partial charge < -0.3 is 5.32 Å². The number of rotatable bonds is 5. The summed E-state index contributed by atoms with van der Waals surface area (Å²) >= 11 is 0. The molecule has 0 atom stereocenters. The van der Waals surface area contributed by atoms with Crippen LogP contribution in [0.1, 0.15) is 22.8 Å². The van der Waals surface area contributed by atoms with Crippen molar-refractivity contribution in [2.75, 3.05) is 19.8 Å². The third kappa shape index (κ3) is 3.54. The van der Waals surface area contributed by atoms with Gasteiger partial charge in [-0.1, -0.05) is 12.1 Å². The second kappa shape index (κ2) is 5.97. The van der Waals surface area contributed by atoms with Crippen LogP contribution in [0.2, 0.25) is 0 Å². The number of sulfonamides is 1. The molecule has 1 aromatic carbocycles. The van der Waals surface area contributed by atoms with Gasteiger partial charge in [-0.25, -0.2) is 12.7 Å². The van der Waals surface area contributed by atoms with Gasteiger partial charge in [-0.05, 0) is 24.6 Å². The fraction of sp³-hybridized carbons (Fsp3) is 0.417. The molecule has 0 saturated heterocycles. The van der Waals surface area contributed by atoms with Crippen molar-refractivity contribution >= 4 is 15.9 Å². The summed E-state index contributed by atoms with van der Waals surface area (Å²) in [6, 6.07) is 6.87. The molecule has 0 unspecified atom stereocenters. The van der Waals surface area contributed by atoms with Crippen molar-refractivity contribution in [1.82, 2.24) is 9.62 Å². The van der Waals surface area contributed by atoms with E-state index in [0.29, 0.717) is 12.1 Å². The Balaban J connectivity index is 2.79. The molecular formula is C12H18N2O3S. The molecule has 18 heavy (non-hydrogen) atoms. The zero-order valence-electron chi connectivity index (χ0n) is 10.8. The molecule has 0 fully saturated rings. The monoisotopic (exact) mass is 270 g/mol. The Morgan fingerprint density at radius 2 is 1.83 bits per heavy atom. The summed E-state index contributed by atoms with van der Waals surface area (Å²) in [6.07, 6.45) is 0. The number of carbonyl (C=O) groups excluding carboxylic acids is 1. The first kappa shape index (κ1) is 14.7. The molecule has 0 aliphatic heterocycles. The van der Waals surface area contributed by atoms with Crippen LogP contribution in [0.3, 0.4) is 0 Å². The predicted octanol–water partition coefficient (Wildman–Crippen LogP) is 0.828. The number of hydrogen-bond donors (Lipinski definition) is 1. The Bertz CT molecular complexity index is 509. The van der Waals surface area contributed by atoms with Crippen LogP contribution in [0, 0.1) is 0 Å². The van der Waals surface area contributed by atoms with Crippen LogP contribution in [0.25, 0.3) is 0 Å². The number of benzene rings is 1. The summed E-state index contributed by atoms with van der Waals surface area (Å²) in [5.74, 6) is -0.0732. The van der Waals surface area contributed by atoms with Gasteiger partial charge in [0.15, 0.2) is 0 Å². The van der Waals surface area contributed by atoms with Gasteiger partial charge in [-0.2, -0.15) is 0 Å². The minimum absolute atomic E-state index is 0.0832. The van der Waals surface area contributed by atoms with Gasteiger partial charge in [0.05, 0.1) is 5.75 Å². The topological polar surface area (TPSA) is 66.5 Å². The lowest BCUT2D eigenvalue weighted by atomic mass is 10.1. The van der Waals surface area contributed by atoms with Crippen molar-refractivity contribution in [3.05, 3.63) is 35.4 Å². The molecule has 100 valence electrons. The fourth-order valence-corrected chi connectivity index (χ4v) is 2.27. The molecule has 1 amide bonds. The van der Waals surface area contributed by atoms with E-state index in [9.17, 15) is 13.2 Å². The molecule has 5 nitrogen and oxygen atoms in total. The third-order valence-corrected chi connectivity index (χ3v) is 4.50. The second-order valence-electron chi connectivity index (χ2n) is 3.93. The molecule has 1 N–H and O–H groups in total. The Kier molecular flexibility index (Phi) is 4.86. The zero-order valence-corrected chi connectivity index (χ0v) is 11.6. The van der Waals surface area contributed by atoms with Crippen molar-refractivity contribution in [2.24, 2.45) is 0 Å². The van der Waals surface area contributed by atoms with Crippen LogP contribution in [-0.2, 0) is 16.6 Å². The summed E-state index contributed by atoms with van der Waals surface area (Å²) in [5, 5.41) is 2.53. The molecule has 0 radical (unpaired) electrons. The maximum atomic E-state index is 11.6. The fourth-order valence-electron chi connectivity index (χ4n) is 1.48. The minimum atomic E-state index is -3.17. The highest BCUT2D eigenvalue weighted by Gasteiger charge is 2.15. The maximum absolute atomic E-state index is 11.6. The molecule has 1 aromatic rings. The van der Waals surface area contributed by atoms with E-state index in [1.807, 2.05) is 0 Å². The van der Waals surface area contributed by atoms with Crippen LogP contribution in [0.4, 0.5) is 0 Å². The van der Waals surface area contributed by atoms with Gasteiger partial charge in [0.2, 0.25) is 10.0 Å². The number of hydrogen-bond acceptors (Lipinski definition) is 3. The first-order valence-electron chi connectivity index (χ1n) is 5.65. The number of nitrogens with one attached hydrogen (secondary N) is 1. The standard InChI is InChI=1S/C12H18N2O3S/c1-4-18(16,17)14(3)9-10-5-7-11(8-6-10)12(15)13-2/h5-8H,4,9H2,1-3H3,(H,13,15). The van der Waals surface area contributed by atoms with Gasteiger partial charge in [0, 0.05) is 26.2 Å². The molecule has 0 heterocycles. The average molecular weight is 270 g/mol. The van der Waals surface area contributed by atoms with Crippen LogP contribution in [-0.4, -0.2) is 38.5 Å². The largest absolute Gasteiger partial charge is 0.355 e. The molecule has 0 saturated carbocycles. The number of amides is 1. The first-order chi connectivity index (χ1) is 8.40. The molecular weight excluding hydrogens is 252 g/mol. The summed E-state index contributed by atoms with van der Waals surface area (Å²) in [5.41, 5.74) is 1.41. The summed E-state index contributed by atoms with van der Waals surface area (Å²) in [7, 11) is -0.0590. The molecule has 0 bridgehead atoms. The van der Waals surface area contributed by atoms with E-state index in [1.54, 1.807) is 45.3 Å². The molecule has 0 spiro atoms.